The highest BCUT2D eigenvalue weighted by molar-refractivity contribution is 6.30. The van der Waals surface area contributed by atoms with Crippen molar-refractivity contribution in [1.82, 2.24) is 10.2 Å². The van der Waals surface area contributed by atoms with Gasteiger partial charge in [0.1, 0.15) is 0 Å². The molecule has 3 N–H and O–H groups in total. The number of ether oxygens (including phenoxy) is 1. The molecule has 130 valence electrons. The molecule has 2 heterocycles. The number of carbonyl (C=O) groups excluding carboxylic acids is 1. The van der Waals surface area contributed by atoms with Gasteiger partial charge in [-0.1, -0.05) is 23.7 Å². The lowest BCUT2D eigenvalue weighted by atomic mass is 10.1. The summed E-state index contributed by atoms with van der Waals surface area (Å²) in [5.74, 6) is -0.0879. The van der Waals surface area contributed by atoms with Crippen LogP contribution in [0.3, 0.4) is 0 Å². The minimum atomic E-state index is -0.0879. The molecular formula is C15H22Cl3N3O2. The molecule has 8 heteroatoms. The number of nitrogens with one attached hydrogen (secondary N) is 1. The topological polar surface area (TPSA) is 67.6 Å². The van der Waals surface area contributed by atoms with Gasteiger partial charge in [-0.15, -0.1) is 24.8 Å². The van der Waals surface area contributed by atoms with Crippen molar-refractivity contribution in [3.63, 3.8) is 0 Å². The van der Waals surface area contributed by atoms with Crippen LogP contribution >= 0.6 is 36.4 Å². The number of fused-ring (bicyclic) bond motifs is 1. The molecule has 1 amide bonds. The molecule has 1 aromatic carbocycles. The van der Waals surface area contributed by atoms with Gasteiger partial charge < -0.3 is 15.8 Å². The van der Waals surface area contributed by atoms with E-state index >= 15 is 0 Å². The van der Waals surface area contributed by atoms with Gasteiger partial charge >= 0.3 is 0 Å². The Bertz CT molecular complexity index is 515. The summed E-state index contributed by atoms with van der Waals surface area (Å²) < 4.78 is 5.98. The second-order valence-corrected chi connectivity index (χ2v) is 6.12. The summed E-state index contributed by atoms with van der Waals surface area (Å²) in [5.41, 5.74) is 6.49. The zero-order valence-electron chi connectivity index (χ0n) is 12.6. The number of hydrogen-bond donors (Lipinski definition) is 2. The second-order valence-electron chi connectivity index (χ2n) is 5.69. The number of halogens is 3. The maximum atomic E-state index is 11.4. The first-order valence-corrected chi connectivity index (χ1v) is 7.64. The van der Waals surface area contributed by atoms with Gasteiger partial charge in [-0.25, -0.2) is 0 Å². The summed E-state index contributed by atoms with van der Waals surface area (Å²) in [6.07, 6.45) is 1.00. The number of nitrogens with zero attached hydrogens (tertiary/aromatic N) is 1. The molecule has 2 aliphatic heterocycles. The van der Waals surface area contributed by atoms with E-state index < -0.39 is 0 Å². The van der Waals surface area contributed by atoms with E-state index in [1.54, 1.807) is 0 Å². The summed E-state index contributed by atoms with van der Waals surface area (Å²) in [4.78, 5) is 13.8. The van der Waals surface area contributed by atoms with Crippen LogP contribution in [-0.2, 0) is 9.53 Å². The van der Waals surface area contributed by atoms with Crippen LogP contribution in [0.15, 0.2) is 24.3 Å². The molecule has 0 spiro atoms. The van der Waals surface area contributed by atoms with E-state index in [9.17, 15) is 4.79 Å². The lowest BCUT2D eigenvalue weighted by Gasteiger charge is -2.35. The van der Waals surface area contributed by atoms with Crippen LogP contribution in [0.5, 0.6) is 0 Å². The number of nitrogens with two attached hydrogens (primary N) is 1. The number of carbonyl (C=O) groups is 1. The largest absolute Gasteiger partial charge is 0.371 e. The standard InChI is InChI=1S/C15H20ClN3O2.2ClH/c16-11-3-1-10(2-4-11)14-8-19-7-12(18-15(20)6-17)5-13(19)9-21-14;;/h1-4,12-14H,5-9,17H2,(H,18,20);2*1H/t12-,13+,14-;;/m1../s1. The van der Waals surface area contributed by atoms with Crippen LogP contribution in [0.4, 0.5) is 0 Å². The fourth-order valence-corrected chi connectivity index (χ4v) is 3.27. The van der Waals surface area contributed by atoms with E-state index in [-0.39, 0.29) is 49.4 Å². The lowest BCUT2D eigenvalue weighted by Crippen LogP contribution is -2.43. The average Bonchev–Trinajstić information content (AvgIpc) is 2.89. The molecule has 0 bridgehead atoms. The van der Waals surface area contributed by atoms with Gasteiger partial charge in [0.25, 0.3) is 0 Å². The molecule has 0 aromatic heterocycles. The molecule has 5 nitrogen and oxygen atoms in total. The number of benzene rings is 1. The zero-order valence-corrected chi connectivity index (χ0v) is 15.0. The molecule has 3 atom stereocenters. The minimum Gasteiger partial charge on any atom is -0.371 e. The van der Waals surface area contributed by atoms with Crippen molar-refractivity contribution in [2.24, 2.45) is 5.73 Å². The molecule has 2 saturated heterocycles. The van der Waals surface area contributed by atoms with Gasteiger partial charge in [0, 0.05) is 30.2 Å². The summed E-state index contributed by atoms with van der Waals surface area (Å²) in [6.45, 7) is 2.46. The Labute approximate surface area is 153 Å². The zero-order chi connectivity index (χ0) is 14.8. The average molecular weight is 383 g/mol. The van der Waals surface area contributed by atoms with Crippen molar-refractivity contribution in [2.45, 2.75) is 24.6 Å². The molecule has 1 aromatic rings. The molecule has 2 fully saturated rings. The highest BCUT2D eigenvalue weighted by atomic mass is 35.5. The van der Waals surface area contributed by atoms with Crippen molar-refractivity contribution < 1.29 is 9.53 Å². The Balaban J connectivity index is 0.00000132. The molecule has 2 aliphatic rings. The molecule has 23 heavy (non-hydrogen) atoms. The predicted octanol–water partition coefficient (Wildman–Crippen LogP) is 1.77. The van der Waals surface area contributed by atoms with Crippen molar-refractivity contribution in [1.29, 1.82) is 0 Å². The van der Waals surface area contributed by atoms with Gasteiger partial charge in [-0.2, -0.15) is 0 Å². The maximum absolute atomic E-state index is 11.4. The van der Waals surface area contributed by atoms with Gasteiger partial charge in [-0.05, 0) is 24.1 Å². The Hall–Kier alpha value is -0.560. The van der Waals surface area contributed by atoms with E-state index in [0.29, 0.717) is 12.6 Å². The third-order valence-corrected chi connectivity index (χ3v) is 4.46. The predicted molar refractivity (Wildman–Crippen MR) is 95.6 cm³/mol. The minimum absolute atomic E-state index is 0. The Morgan fingerprint density at radius 2 is 2.00 bits per heavy atom. The number of rotatable bonds is 3. The van der Waals surface area contributed by atoms with Crippen LogP contribution in [0.25, 0.3) is 0 Å². The van der Waals surface area contributed by atoms with E-state index in [1.165, 1.54) is 0 Å². The molecule has 0 unspecified atom stereocenters. The van der Waals surface area contributed by atoms with Gasteiger partial charge in [0.15, 0.2) is 0 Å². The first-order valence-electron chi connectivity index (χ1n) is 7.26. The van der Waals surface area contributed by atoms with Crippen molar-refractivity contribution in [3.8, 4) is 0 Å². The van der Waals surface area contributed by atoms with Crippen LogP contribution in [0, 0.1) is 0 Å². The fraction of sp³-hybridized carbons (Fsp3) is 0.533. The van der Waals surface area contributed by atoms with Gasteiger partial charge in [0.2, 0.25) is 5.91 Å². The third kappa shape index (κ3) is 4.95. The van der Waals surface area contributed by atoms with E-state index in [1.807, 2.05) is 24.3 Å². The highest BCUT2D eigenvalue weighted by Crippen LogP contribution is 2.30. The molecule has 3 rings (SSSR count). The smallest absolute Gasteiger partial charge is 0.233 e. The van der Waals surface area contributed by atoms with Gasteiger partial charge in [-0.3, -0.25) is 9.69 Å². The Kier molecular flexibility index (Phi) is 8.07. The number of morpholine rings is 1. The van der Waals surface area contributed by atoms with E-state index in [2.05, 4.69) is 10.2 Å². The van der Waals surface area contributed by atoms with Crippen molar-refractivity contribution >= 4 is 42.3 Å². The van der Waals surface area contributed by atoms with Crippen molar-refractivity contribution in [2.75, 3.05) is 26.2 Å². The normalized spacial score (nSPS) is 26.6. The quantitative estimate of drug-likeness (QED) is 0.836. The molecule has 0 aliphatic carbocycles. The van der Waals surface area contributed by atoms with Gasteiger partial charge in [0.05, 0.1) is 19.3 Å². The van der Waals surface area contributed by atoms with Crippen LogP contribution in [0.2, 0.25) is 5.02 Å². The highest BCUT2D eigenvalue weighted by Gasteiger charge is 2.38. The summed E-state index contributed by atoms with van der Waals surface area (Å²) in [6, 6.07) is 8.37. The summed E-state index contributed by atoms with van der Waals surface area (Å²) >= 11 is 5.92. The Morgan fingerprint density at radius 1 is 1.30 bits per heavy atom. The first kappa shape index (κ1) is 20.5. The first-order chi connectivity index (χ1) is 10.2. The lowest BCUT2D eigenvalue weighted by molar-refractivity contribution is -0.120. The van der Waals surface area contributed by atoms with E-state index in [0.717, 1.165) is 30.1 Å². The molecule has 0 radical (unpaired) electrons. The maximum Gasteiger partial charge on any atom is 0.233 e. The fourth-order valence-electron chi connectivity index (χ4n) is 3.14. The number of hydrogen-bond acceptors (Lipinski definition) is 4. The SMILES string of the molecule is Cl.Cl.NCC(=O)N[C@@H]1C[C@H]2CO[C@@H](c3ccc(Cl)cc3)CN2C1. The van der Waals surface area contributed by atoms with Crippen molar-refractivity contribution in [3.05, 3.63) is 34.9 Å². The third-order valence-electron chi connectivity index (χ3n) is 4.21. The second kappa shape index (κ2) is 9.06. The molecule has 0 saturated carbocycles. The van der Waals surface area contributed by atoms with Crippen LogP contribution in [-0.4, -0.2) is 49.1 Å². The van der Waals surface area contributed by atoms with Crippen LogP contribution in [0.1, 0.15) is 18.1 Å². The molecular weight excluding hydrogens is 361 g/mol. The Morgan fingerprint density at radius 3 is 2.65 bits per heavy atom. The monoisotopic (exact) mass is 381 g/mol. The van der Waals surface area contributed by atoms with E-state index in [4.69, 9.17) is 22.1 Å². The number of amides is 1. The van der Waals surface area contributed by atoms with Crippen LogP contribution < -0.4 is 11.1 Å². The summed E-state index contributed by atoms with van der Waals surface area (Å²) in [5, 5.41) is 3.70. The summed E-state index contributed by atoms with van der Waals surface area (Å²) in [7, 11) is 0.